The molecule has 2 aliphatic heterocycles. The Bertz CT molecular complexity index is 1480. The van der Waals surface area contributed by atoms with Crippen molar-refractivity contribution < 1.29 is 28.0 Å². The lowest BCUT2D eigenvalue weighted by Gasteiger charge is -2.31. The Morgan fingerprint density at radius 1 is 1.17 bits per heavy atom. The molecule has 2 bridgehead atoms. The third-order valence-electron chi connectivity index (χ3n) is 9.26. The van der Waals surface area contributed by atoms with Crippen LogP contribution in [0.25, 0.3) is 0 Å². The van der Waals surface area contributed by atoms with Crippen LogP contribution in [-0.4, -0.2) is 60.8 Å². The van der Waals surface area contributed by atoms with E-state index in [1.807, 2.05) is 24.3 Å². The number of ether oxygens (including phenoxy) is 3. The van der Waals surface area contributed by atoms with Gasteiger partial charge in [-0.2, -0.15) is 0 Å². The maximum atomic E-state index is 13.4. The minimum atomic E-state index is -1.81. The predicted octanol–water partition coefficient (Wildman–Crippen LogP) is 6.70. The van der Waals surface area contributed by atoms with Crippen LogP contribution in [0.5, 0.6) is 5.75 Å². The smallest absolute Gasteiger partial charge is 0.407 e. The van der Waals surface area contributed by atoms with Crippen molar-refractivity contribution in [3.63, 3.8) is 0 Å². The van der Waals surface area contributed by atoms with Crippen LogP contribution in [0.15, 0.2) is 53.4 Å². The fourth-order valence-electron chi connectivity index (χ4n) is 6.16. The van der Waals surface area contributed by atoms with Gasteiger partial charge >= 0.3 is 6.09 Å². The summed E-state index contributed by atoms with van der Waals surface area (Å²) in [5, 5.41) is 3.64. The number of benzene rings is 2. The first-order chi connectivity index (χ1) is 22.6. The lowest BCUT2D eigenvalue weighted by Crippen LogP contribution is -2.45. The fraction of sp³-hybridized carbons (Fsp3) is 0.556. The molecule has 9 nitrogen and oxygen atoms in total. The number of anilines is 1. The first kappa shape index (κ1) is 35.2. The number of nitrogens with one attached hydrogen (secondary N) is 2. The topological polar surface area (TPSA) is 106 Å². The van der Waals surface area contributed by atoms with Crippen LogP contribution in [0.1, 0.15) is 76.8 Å². The van der Waals surface area contributed by atoms with Gasteiger partial charge in [-0.1, -0.05) is 44.0 Å². The van der Waals surface area contributed by atoms with Crippen molar-refractivity contribution in [1.82, 2.24) is 10.0 Å². The van der Waals surface area contributed by atoms with Crippen molar-refractivity contribution in [2.24, 2.45) is 11.8 Å². The molecule has 2 aromatic carbocycles. The van der Waals surface area contributed by atoms with Gasteiger partial charge < -0.3 is 24.4 Å². The Morgan fingerprint density at radius 2 is 1.98 bits per heavy atom. The van der Waals surface area contributed by atoms with E-state index in [2.05, 4.69) is 40.9 Å². The molecule has 5 rings (SSSR count). The number of hydrogen-bond acceptors (Lipinski definition) is 7. The molecular formula is C36H48ClN3O6S. The Labute approximate surface area is 286 Å². The Morgan fingerprint density at radius 3 is 2.72 bits per heavy atom. The fourth-order valence-corrected chi connectivity index (χ4v) is 7.29. The van der Waals surface area contributed by atoms with Gasteiger partial charge in [0.15, 0.2) is 11.0 Å². The van der Waals surface area contributed by atoms with Crippen molar-refractivity contribution in [2.75, 3.05) is 37.7 Å². The van der Waals surface area contributed by atoms with E-state index in [1.165, 1.54) is 11.1 Å². The van der Waals surface area contributed by atoms with Crippen LogP contribution < -0.4 is 19.7 Å². The maximum absolute atomic E-state index is 13.4. The third kappa shape index (κ3) is 9.30. The van der Waals surface area contributed by atoms with E-state index in [0.29, 0.717) is 47.8 Å². The summed E-state index contributed by atoms with van der Waals surface area (Å²) in [6, 6.07) is 11.5. The van der Waals surface area contributed by atoms with Crippen LogP contribution in [-0.2, 0) is 31.7 Å². The normalized spacial score (nSPS) is 25.6. The number of amides is 2. The van der Waals surface area contributed by atoms with Gasteiger partial charge in [-0.3, -0.25) is 9.52 Å². The van der Waals surface area contributed by atoms with Gasteiger partial charge in [0.1, 0.15) is 17.5 Å². The summed E-state index contributed by atoms with van der Waals surface area (Å²) < 4.78 is 34.4. The molecule has 3 aliphatic rings. The third-order valence-corrected chi connectivity index (χ3v) is 10.6. The largest absolute Gasteiger partial charge is 0.491 e. The van der Waals surface area contributed by atoms with E-state index >= 15 is 0 Å². The predicted molar refractivity (Wildman–Crippen MR) is 185 cm³/mol. The summed E-state index contributed by atoms with van der Waals surface area (Å²) in [4.78, 5) is 28.8. The van der Waals surface area contributed by atoms with Crippen LogP contribution in [0, 0.1) is 11.8 Å². The summed E-state index contributed by atoms with van der Waals surface area (Å²) in [5.41, 5.74) is 1.98. The van der Waals surface area contributed by atoms with E-state index in [4.69, 9.17) is 25.8 Å². The van der Waals surface area contributed by atoms with Crippen LogP contribution in [0.4, 0.5) is 10.5 Å². The lowest BCUT2D eigenvalue weighted by molar-refractivity contribution is -0.139. The molecular weight excluding hydrogens is 638 g/mol. The van der Waals surface area contributed by atoms with Crippen molar-refractivity contribution >= 4 is 40.3 Å². The second kappa shape index (κ2) is 15.9. The molecule has 1 fully saturated rings. The van der Waals surface area contributed by atoms with Gasteiger partial charge in [0, 0.05) is 36.5 Å². The van der Waals surface area contributed by atoms with E-state index < -0.39 is 34.7 Å². The quantitative estimate of drug-likeness (QED) is 0.313. The Hall–Kier alpha value is -3.08. The molecule has 2 aromatic rings. The molecule has 1 saturated carbocycles. The highest BCUT2D eigenvalue weighted by Gasteiger charge is 2.32. The first-order valence-electron chi connectivity index (χ1n) is 16.9. The molecule has 0 saturated heterocycles. The SMILES string of the molecule is CCCc1cc(Cl)ccc1C1COc2ccc3cc2N(CCC(CC)C(OC(=O)NCC2CC2)/C=C/COC(C)(C)C(=O)NS3=O)C1. The second-order valence-electron chi connectivity index (χ2n) is 13.3. The van der Waals surface area contributed by atoms with E-state index in [1.54, 1.807) is 26.0 Å². The zero-order valence-electron chi connectivity index (χ0n) is 27.9. The maximum Gasteiger partial charge on any atom is 0.407 e. The van der Waals surface area contributed by atoms with Gasteiger partial charge in [0.25, 0.3) is 5.91 Å². The number of alkyl carbamates (subject to hydrolysis) is 1. The molecule has 4 unspecified atom stereocenters. The van der Waals surface area contributed by atoms with E-state index in [-0.39, 0.29) is 18.4 Å². The van der Waals surface area contributed by atoms with Gasteiger partial charge in [-0.25, -0.2) is 9.00 Å². The summed E-state index contributed by atoms with van der Waals surface area (Å²) in [6.45, 7) is 10.1. The molecule has 0 aromatic heterocycles. The van der Waals surface area contributed by atoms with Crippen molar-refractivity contribution in [3.05, 3.63) is 64.7 Å². The zero-order chi connectivity index (χ0) is 33.6. The number of fused-ring (bicyclic) bond motifs is 1. The molecule has 2 N–H and O–H groups in total. The number of rotatable bonds is 7. The molecule has 4 atom stereocenters. The van der Waals surface area contributed by atoms with Gasteiger partial charge in [0.05, 0.1) is 23.8 Å². The van der Waals surface area contributed by atoms with Crippen LogP contribution in [0.2, 0.25) is 5.02 Å². The molecule has 0 radical (unpaired) electrons. The highest BCUT2D eigenvalue weighted by atomic mass is 35.5. The number of hydrogen-bond donors (Lipinski definition) is 2. The Kier molecular flexibility index (Phi) is 11.9. The number of aryl methyl sites for hydroxylation is 1. The summed E-state index contributed by atoms with van der Waals surface area (Å²) in [5.74, 6) is 0.796. The van der Waals surface area contributed by atoms with Gasteiger partial charge in [-0.05, 0) is 99.4 Å². The molecule has 0 spiro atoms. The zero-order valence-corrected chi connectivity index (χ0v) is 29.5. The average molecular weight is 686 g/mol. The molecule has 2 heterocycles. The molecule has 11 heteroatoms. The average Bonchev–Trinajstić information content (AvgIpc) is 3.89. The summed E-state index contributed by atoms with van der Waals surface area (Å²) in [7, 11) is -1.81. The molecule has 2 amide bonds. The highest BCUT2D eigenvalue weighted by molar-refractivity contribution is 7.83. The standard InChI is InChI=1S/C36H48ClN3O6S/c1-5-8-26-19-28(37)12-14-30(26)27-22-40-17-16-25(6-2)32(46-35(42)38-21-24-10-11-24)9-7-18-45-36(3,4)34(41)39-47(43)29-13-15-33(44-23-27)31(40)20-29/h7,9,12-15,19-20,24-25,27,32H,5-6,8,10-11,16-18,21-23H2,1-4H3,(H,38,42)(H,39,41)/b9-7+. The van der Waals surface area contributed by atoms with Crippen LogP contribution >= 0.6 is 11.6 Å². The minimum absolute atomic E-state index is 0.0108. The molecule has 47 heavy (non-hydrogen) atoms. The lowest BCUT2D eigenvalue weighted by atomic mass is 9.91. The Balaban J connectivity index is 1.49. The van der Waals surface area contributed by atoms with Crippen molar-refractivity contribution in [3.8, 4) is 5.75 Å². The highest BCUT2D eigenvalue weighted by Crippen LogP contribution is 2.38. The minimum Gasteiger partial charge on any atom is -0.491 e. The number of carbonyl (C=O) groups is 2. The number of halogens is 1. The summed E-state index contributed by atoms with van der Waals surface area (Å²) >= 11 is 6.42. The summed E-state index contributed by atoms with van der Waals surface area (Å²) in [6.07, 6.45) is 8.44. The first-order valence-corrected chi connectivity index (χ1v) is 18.4. The number of nitrogens with zero attached hydrogens (tertiary/aromatic N) is 1. The van der Waals surface area contributed by atoms with Crippen LogP contribution in [0.3, 0.4) is 0 Å². The van der Waals surface area contributed by atoms with E-state index in [9.17, 15) is 13.8 Å². The second-order valence-corrected chi connectivity index (χ2v) is 14.9. The number of carbonyl (C=O) groups excluding carboxylic acids is 2. The molecule has 1 aliphatic carbocycles. The van der Waals surface area contributed by atoms with E-state index in [0.717, 1.165) is 44.2 Å². The van der Waals surface area contributed by atoms with Crippen molar-refractivity contribution in [2.45, 2.75) is 88.7 Å². The monoisotopic (exact) mass is 685 g/mol. The van der Waals surface area contributed by atoms with Gasteiger partial charge in [0.2, 0.25) is 0 Å². The molecule has 256 valence electrons. The van der Waals surface area contributed by atoms with Crippen molar-refractivity contribution in [1.29, 1.82) is 0 Å². The van der Waals surface area contributed by atoms with Gasteiger partial charge in [-0.15, -0.1) is 0 Å².